The van der Waals surface area contributed by atoms with Crippen molar-refractivity contribution in [2.45, 2.75) is 40.0 Å². The van der Waals surface area contributed by atoms with Crippen LogP contribution in [0.2, 0.25) is 0 Å². The van der Waals surface area contributed by atoms with Crippen molar-refractivity contribution in [1.82, 2.24) is 0 Å². The molecule has 0 radical (unpaired) electrons. The molecule has 6 aromatic carbocycles. The standard InChI is InChI=1S/2C15H14FNO4.C9H12O2.C6H3F2NO2.CH2O.2K/c1-3-10-4-7-14(15(8-10)20-2)21-11-5-6-13(17(18)19)12(16)9-11;1-3-10-4-7-13(15(8-10)20-2)21-14-9-11(16)5-6-12(14)17(18)19;1-3-7-4-5-8(10)9(6-7)11-2;7-4-1-2-6(9(10)11)5(8)3-4;1-2;;/h2*4-9H,3H2,1-2H3;4-6,10H,3H2,1-2H3;1-3H;1H2;;. The van der Waals surface area contributed by atoms with Gasteiger partial charge in [0.25, 0.3) is 0 Å². The third-order valence-electron chi connectivity index (χ3n) is 8.71. The van der Waals surface area contributed by atoms with Crippen LogP contribution in [0.4, 0.5) is 34.6 Å². The maximum absolute atomic E-state index is 13.6. The summed E-state index contributed by atoms with van der Waals surface area (Å²) in [5.41, 5.74) is 1.67. The van der Waals surface area contributed by atoms with E-state index >= 15 is 0 Å². The third-order valence-corrected chi connectivity index (χ3v) is 8.71. The molecule has 0 aliphatic heterocycles. The van der Waals surface area contributed by atoms with E-state index in [1.165, 1.54) is 89.0 Å². The van der Waals surface area contributed by atoms with E-state index in [0.29, 0.717) is 34.8 Å². The number of phenols is 1. The molecule has 6 aromatic rings. The number of hydrogen-bond acceptors (Lipinski definition) is 13. The molecule has 16 nitrogen and oxygen atoms in total. The molecule has 0 saturated carbocycles. The summed E-state index contributed by atoms with van der Waals surface area (Å²) in [4.78, 5) is 37.2. The van der Waals surface area contributed by atoms with Gasteiger partial charge in [-0.15, -0.1) is 0 Å². The average Bonchev–Trinajstić information content (AvgIpc) is 3.33. The normalized spacial score (nSPS) is 9.62. The molecule has 22 heteroatoms. The van der Waals surface area contributed by atoms with Crippen LogP contribution < -0.4 is 23.7 Å². The number of methoxy groups -OCH3 is 3. The van der Waals surface area contributed by atoms with Crippen molar-refractivity contribution in [2.75, 3.05) is 21.3 Å². The Morgan fingerprint density at radius 2 is 0.868 bits per heavy atom. The summed E-state index contributed by atoms with van der Waals surface area (Å²) in [6, 6.07) is 24.6. The van der Waals surface area contributed by atoms with Crippen LogP contribution in [0.15, 0.2) is 109 Å². The molecule has 1 N–H and O–H groups in total. The van der Waals surface area contributed by atoms with Crippen LogP contribution in [-0.2, 0) is 24.1 Å². The van der Waals surface area contributed by atoms with Crippen molar-refractivity contribution in [3.8, 4) is 46.0 Å². The SMILES string of the molecule is C=O.CCc1ccc(O)c(OC)c1.CCc1ccc(Oc2cc(F)ccc2[N+](=O)[O-])c(OC)c1.CCc1ccc(Oc2ccc([N+](=O)[O-])c(F)c2)c(OC)c1.O=[N+]([O-])c1ccc(F)cc1F.[K][K]. The number of ether oxygens (including phenoxy) is 5. The predicted molar refractivity (Wildman–Crippen MR) is 247 cm³/mol. The first-order chi connectivity index (χ1) is 32.5. The van der Waals surface area contributed by atoms with E-state index in [4.69, 9.17) is 28.5 Å². The fourth-order valence-corrected chi connectivity index (χ4v) is 5.27. The number of carbonyl (C=O) groups excluding carboxylic acids is 1. The van der Waals surface area contributed by atoms with Crippen LogP contribution in [0.1, 0.15) is 37.5 Å². The number of aromatic hydroxyl groups is 1. The monoisotopic (exact) mass is 1000 g/mol. The number of hydrogen-bond donors (Lipinski definition) is 1. The van der Waals surface area contributed by atoms with E-state index < -0.39 is 49.4 Å². The van der Waals surface area contributed by atoms with Crippen molar-refractivity contribution in [3.05, 3.63) is 179 Å². The van der Waals surface area contributed by atoms with Gasteiger partial charge in [0.15, 0.2) is 34.5 Å². The van der Waals surface area contributed by atoms with Crippen LogP contribution in [0.3, 0.4) is 0 Å². The number of carbonyl (C=O) groups is 1. The van der Waals surface area contributed by atoms with Crippen molar-refractivity contribution in [2.24, 2.45) is 0 Å². The zero-order valence-corrected chi connectivity index (χ0v) is 44.7. The van der Waals surface area contributed by atoms with E-state index in [9.17, 15) is 53.0 Å². The Bertz CT molecular complexity index is 2590. The summed E-state index contributed by atoms with van der Waals surface area (Å²) < 4.78 is 77.8. The van der Waals surface area contributed by atoms with Gasteiger partial charge in [-0.25, -0.2) is 8.78 Å². The van der Waals surface area contributed by atoms with Gasteiger partial charge in [0.2, 0.25) is 17.4 Å². The fourth-order valence-electron chi connectivity index (χ4n) is 5.27. The molecule has 0 aliphatic carbocycles. The van der Waals surface area contributed by atoms with Crippen molar-refractivity contribution < 1.29 is 65.9 Å². The number of benzene rings is 6. The molecule has 0 bridgehead atoms. The predicted octanol–water partition coefficient (Wildman–Crippen LogP) is 11.1. The molecule has 352 valence electrons. The Hall–Kier alpha value is -5.02. The Labute approximate surface area is 434 Å². The number of nitro groups is 3. The van der Waals surface area contributed by atoms with Crippen molar-refractivity contribution in [3.63, 3.8) is 0 Å². The first-order valence-electron chi connectivity index (χ1n) is 20.3. The molecule has 0 spiro atoms. The van der Waals surface area contributed by atoms with Gasteiger partial charge in [-0.2, -0.15) is 8.78 Å². The molecule has 0 heterocycles. The first kappa shape index (κ1) is 61.0. The van der Waals surface area contributed by atoms with Crippen LogP contribution in [-0.4, -0.2) is 111 Å². The zero-order chi connectivity index (χ0) is 51.5. The van der Waals surface area contributed by atoms with Crippen LogP contribution >= 0.6 is 0 Å². The third kappa shape index (κ3) is 19.9. The van der Waals surface area contributed by atoms with Gasteiger partial charge in [0.05, 0.1) is 36.1 Å². The number of nitro benzene ring substituents is 3. The van der Waals surface area contributed by atoms with Crippen LogP contribution in [0.5, 0.6) is 46.0 Å². The minimum absolute atomic E-state index is 0.164. The second kappa shape index (κ2) is 32.7. The Kier molecular flexibility index (Phi) is 29.3. The van der Waals surface area contributed by atoms with Gasteiger partial charge in [-0.05, 0) is 90.6 Å². The second-order valence-corrected chi connectivity index (χ2v) is 12.8. The fraction of sp³-hybridized carbons (Fsp3) is 0.196. The van der Waals surface area contributed by atoms with Gasteiger partial charge >= 0.3 is 80.2 Å². The molecule has 0 amide bonds. The maximum atomic E-state index is 13.6. The van der Waals surface area contributed by atoms with E-state index in [-0.39, 0.29) is 22.9 Å². The molecule has 0 saturated heterocycles. The summed E-state index contributed by atoms with van der Waals surface area (Å²) in [7, 11) is 4.54. The topological polar surface area (TPSA) is 213 Å². The average molecular weight is 1000 g/mol. The molecular weight excluding hydrogens is 957 g/mol. The van der Waals surface area contributed by atoms with E-state index in [2.05, 4.69) is 6.92 Å². The Morgan fingerprint density at radius 3 is 1.28 bits per heavy atom. The van der Waals surface area contributed by atoms with Gasteiger partial charge in [0, 0.05) is 36.4 Å². The Balaban J connectivity index is 0.000000460. The molecule has 6 rings (SSSR count). The van der Waals surface area contributed by atoms with Crippen LogP contribution in [0.25, 0.3) is 0 Å². The van der Waals surface area contributed by atoms with E-state index in [0.717, 1.165) is 72.9 Å². The van der Waals surface area contributed by atoms with Crippen molar-refractivity contribution >= 4 is 87.0 Å². The van der Waals surface area contributed by atoms with Crippen LogP contribution in [0, 0.1) is 53.6 Å². The molecule has 68 heavy (non-hydrogen) atoms. The molecule has 0 fully saturated rings. The Morgan fingerprint density at radius 1 is 0.485 bits per heavy atom. The zero-order valence-electron chi connectivity index (χ0n) is 38.4. The first-order valence-corrected chi connectivity index (χ1v) is 36.3. The van der Waals surface area contributed by atoms with Gasteiger partial charge in [0.1, 0.15) is 24.2 Å². The summed E-state index contributed by atoms with van der Waals surface area (Å²) in [5.74, 6) is -1.12. The number of phenolic OH excluding ortho intramolecular Hbond substituents is 1. The quantitative estimate of drug-likeness (QED) is 0.0494. The number of aryl methyl sites for hydroxylation is 3. The molecule has 0 aliphatic rings. The van der Waals surface area contributed by atoms with Crippen molar-refractivity contribution in [1.29, 1.82) is 0 Å². The van der Waals surface area contributed by atoms with Gasteiger partial charge in [-0.3, -0.25) is 30.3 Å². The number of nitrogens with zero attached hydrogens (tertiary/aromatic N) is 3. The molecule has 0 atom stereocenters. The van der Waals surface area contributed by atoms with E-state index in [1.807, 2.05) is 51.0 Å². The number of rotatable bonds is 13. The summed E-state index contributed by atoms with van der Waals surface area (Å²) in [6.07, 6.45) is 2.62. The summed E-state index contributed by atoms with van der Waals surface area (Å²) in [5, 5.41) is 40.7. The summed E-state index contributed by atoms with van der Waals surface area (Å²) in [6.45, 7) is 8.07. The summed E-state index contributed by atoms with van der Waals surface area (Å²) >= 11 is 2.50. The van der Waals surface area contributed by atoms with E-state index in [1.54, 1.807) is 31.4 Å². The molecule has 0 aromatic heterocycles. The van der Waals surface area contributed by atoms with Gasteiger partial charge < -0.3 is 33.6 Å². The minimum atomic E-state index is -1.16. The molecule has 0 unspecified atom stereocenters. The second-order valence-electron chi connectivity index (χ2n) is 12.8. The number of halogens is 4. The molecular formula is C46H45F4K2N3O13. The van der Waals surface area contributed by atoms with Gasteiger partial charge in [-0.1, -0.05) is 39.0 Å².